The van der Waals surface area contributed by atoms with Crippen LogP contribution < -0.4 is 0 Å². The molecule has 1 aliphatic carbocycles. The van der Waals surface area contributed by atoms with Crippen molar-refractivity contribution in [1.29, 1.82) is 0 Å². The molecule has 0 radical (unpaired) electrons. The van der Waals surface area contributed by atoms with Gasteiger partial charge in [-0.1, -0.05) is 20.3 Å². The van der Waals surface area contributed by atoms with Gasteiger partial charge in [0.25, 0.3) is 0 Å². The van der Waals surface area contributed by atoms with Crippen LogP contribution in [0.25, 0.3) is 0 Å². The summed E-state index contributed by atoms with van der Waals surface area (Å²) in [5.74, 6) is 0. The average molecular weight is 238 g/mol. The Morgan fingerprint density at radius 2 is 1.88 bits per heavy atom. The van der Waals surface area contributed by atoms with Gasteiger partial charge >= 0.3 is 0 Å². The van der Waals surface area contributed by atoms with Crippen LogP contribution in [-0.4, -0.2) is 54.9 Å². The molecule has 3 heteroatoms. The Hall–Kier alpha value is -0.410. The first kappa shape index (κ1) is 13.0. The molecule has 1 heterocycles. The van der Waals surface area contributed by atoms with Gasteiger partial charge in [0.15, 0.2) is 0 Å². The van der Waals surface area contributed by atoms with E-state index >= 15 is 0 Å². The fourth-order valence-corrected chi connectivity index (χ4v) is 2.98. The molecular weight excluding hydrogens is 212 g/mol. The highest BCUT2D eigenvalue weighted by atomic mass is 16.1. The van der Waals surface area contributed by atoms with Crippen molar-refractivity contribution >= 4 is 6.29 Å². The minimum absolute atomic E-state index is 0.128. The summed E-state index contributed by atoms with van der Waals surface area (Å²) in [6, 6.07) is 0.894. The van der Waals surface area contributed by atoms with Crippen molar-refractivity contribution in [2.75, 3.05) is 32.7 Å². The Bertz CT molecular complexity index is 257. The number of rotatable bonds is 6. The van der Waals surface area contributed by atoms with Crippen molar-refractivity contribution in [1.82, 2.24) is 9.80 Å². The molecular formula is C14H26N2O. The molecule has 0 aromatic carbocycles. The smallest absolute Gasteiger partial charge is 0.127 e. The number of carbonyl (C=O) groups excluding carboxylic acids is 1. The summed E-state index contributed by atoms with van der Waals surface area (Å²) < 4.78 is 0. The van der Waals surface area contributed by atoms with Crippen LogP contribution in [-0.2, 0) is 4.79 Å². The fraction of sp³-hybridized carbons (Fsp3) is 0.929. The lowest BCUT2D eigenvalue weighted by molar-refractivity contribution is -0.117. The van der Waals surface area contributed by atoms with E-state index in [0.29, 0.717) is 0 Å². The monoisotopic (exact) mass is 238 g/mol. The van der Waals surface area contributed by atoms with E-state index in [1.54, 1.807) is 0 Å². The molecule has 0 aromatic heterocycles. The van der Waals surface area contributed by atoms with Crippen LogP contribution in [0.1, 0.15) is 39.5 Å². The summed E-state index contributed by atoms with van der Waals surface area (Å²) in [4.78, 5) is 16.3. The minimum Gasteiger partial charge on any atom is -0.303 e. The lowest BCUT2D eigenvalue weighted by Crippen LogP contribution is -2.50. The molecule has 3 nitrogen and oxygen atoms in total. The van der Waals surface area contributed by atoms with E-state index in [9.17, 15) is 4.79 Å². The number of hydrogen-bond donors (Lipinski definition) is 0. The van der Waals surface area contributed by atoms with Crippen molar-refractivity contribution in [3.63, 3.8) is 0 Å². The molecule has 98 valence electrons. The molecule has 0 bridgehead atoms. The summed E-state index contributed by atoms with van der Waals surface area (Å²) in [7, 11) is 0. The normalized spacial score (nSPS) is 26.7. The molecule has 17 heavy (non-hydrogen) atoms. The van der Waals surface area contributed by atoms with Gasteiger partial charge in [-0.15, -0.1) is 0 Å². The second-order valence-electron chi connectivity index (χ2n) is 6.07. The maximum Gasteiger partial charge on any atom is 0.127 e. The second kappa shape index (κ2) is 5.49. The zero-order valence-corrected chi connectivity index (χ0v) is 11.3. The molecule has 1 unspecified atom stereocenters. The summed E-state index contributed by atoms with van der Waals surface area (Å²) >= 11 is 0. The Labute approximate surface area is 105 Å². The third-order valence-corrected chi connectivity index (χ3v) is 4.16. The SMILES string of the molecule is CCCC(C)(C=O)CN1CCN(C2CC2)CC1. The van der Waals surface area contributed by atoms with E-state index in [2.05, 4.69) is 23.6 Å². The molecule has 0 spiro atoms. The standard InChI is InChI=1S/C14H26N2O/c1-3-6-14(2,12-17)11-15-7-9-16(10-8-15)13-4-5-13/h12-13H,3-11H2,1-2H3. The van der Waals surface area contributed by atoms with E-state index in [-0.39, 0.29) is 5.41 Å². The van der Waals surface area contributed by atoms with E-state index in [0.717, 1.165) is 38.5 Å². The molecule has 0 aromatic rings. The van der Waals surface area contributed by atoms with Crippen LogP contribution in [0.3, 0.4) is 0 Å². The average Bonchev–Trinajstić information content (AvgIpc) is 3.14. The van der Waals surface area contributed by atoms with E-state index in [1.165, 1.54) is 32.2 Å². The first-order valence-corrected chi connectivity index (χ1v) is 7.09. The third-order valence-electron chi connectivity index (χ3n) is 4.16. The minimum atomic E-state index is -0.128. The number of carbonyl (C=O) groups is 1. The second-order valence-corrected chi connectivity index (χ2v) is 6.07. The van der Waals surface area contributed by atoms with Gasteiger partial charge in [-0.05, 0) is 19.3 Å². The van der Waals surface area contributed by atoms with Crippen molar-refractivity contribution < 1.29 is 4.79 Å². The van der Waals surface area contributed by atoms with Gasteiger partial charge < -0.3 is 4.79 Å². The van der Waals surface area contributed by atoms with Gasteiger partial charge in [-0.3, -0.25) is 9.80 Å². The maximum atomic E-state index is 11.2. The molecule has 2 fully saturated rings. The van der Waals surface area contributed by atoms with Crippen LogP contribution in [0, 0.1) is 5.41 Å². The highest BCUT2D eigenvalue weighted by Crippen LogP contribution is 2.28. The lowest BCUT2D eigenvalue weighted by Gasteiger charge is -2.38. The first-order valence-electron chi connectivity index (χ1n) is 7.09. The van der Waals surface area contributed by atoms with E-state index < -0.39 is 0 Å². The highest BCUT2D eigenvalue weighted by molar-refractivity contribution is 5.59. The molecule has 2 rings (SSSR count). The lowest BCUT2D eigenvalue weighted by atomic mass is 9.86. The molecule has 1 saturated heterocycles. The summed E-state index contributed by atoms with van der Waals surface area (Å²) in [5.41, 5.74) is -0.128. The van der Waals surface area contributed by atoms with Crippen LogP contribution in [0.15, 0.2) is 0 Å². The first-order chi connectivity index (χ1) is 8.17. The van der Waals surface area contributed by atoms with Crippen LogP contribution in [0.4, 0.5) is 0 Å². The number of piperazine rings is 1. The summed E-state index contributed by atoms with van der Waals surface area (Å²) in [6.07, 6.45) is 6.09. The van der Waals surface area contributed by atoms with Gasteiger partial charge in [-0.25, -0.2) is 0 Å². The van der Waals surface area contributed by atoms with Gasteiger partial charge in [0.1, 0.15) is 6.29 Å². The zero-order valence-electron chi connectivity index (χ0n) is 11.3. The molecule has 0 N–H and O–H groups in total. The van der Waals surface area contributed by atoms with Crippen molar-refractivity contribution in [3.8, 4) is 0 Å². The predicted molar refractivity (Wildman–Crippen MR) is 70.1 cm³/mol. The largest absolute Gasteiger partial charge is 0.303 e. The summed E-state index contributed by atoms with van der Waals surface area (Å²) in [6.45, 7) is 9.90. The molecule has 0 amide bonds. The van der Waals surface area contributed by atoms with Crippen molar-refractivity contribution in [2.24, 2.45) is 5.41 Å². The van der Waals surface area contributed by atoms with Crippen molar-refractivity contribution in [2.45, 2.75) is 45.6 Å². The molecule has 1 saturated carbocycles. The quantitative estimate of drug-likeness (QED) is 0.659. The van der Waals surface area contributed by atoms with E-state index in [4.69, 9.17) is 0 Å². The third kappa shape index (κ3) is 3.52. The zero-order chi connectivity index (χ0) is 12.3. The van der Waals surface area contributed by atoms with E-state index in [1.807, 2.05) is 0 Å². The van der Waals surface area contributed by atoms with Gasteiger partial charge in [0.05, 0.1) is 0 Å². The van der Waals surface area contributed by atoms with Crippen LogP contribution in [0.2, 0.25) is 0 Å². The topological polar surface area (TPSA) is 23.6 Å². The highest BCUT2D eigenvalue weighted by Gasteiger charge is 2.33. The van der Waals surface area contributed by atoms with Crippen molar-refractivity contribution in [3.05, 3.63) is 0 Å². The van der Waals surface area contributed by atoms with Gasteiger partial charge in [0.2, 0.25) is 0 Å². The molecule has 1 atom stereocenters. The summed E-state index contributed by atoms with van der Waals surface area (Å²) in [5, 5.41) is 0. The van der Waals surface area contributed by atoms with Crippen LogP contribution in [0.5, 0.6) is 0 Å². The number of hydrogen-bond acceptors (Lipinski definition) is 3. The van der Waals surface area contributed by atoms with Crippen LogP contribution >= 0.6 is 0 Å². The Morgan fingerprint density at radius 3 is 2.35 bits per heavy atom. The predicted octanol–water partition coefficient (Wildman–Crippen LogP) is 1.77. The molecule has 2 aliphatic rings. The van der Waals surface area contributed by atoms with Gasteiger partial charge in [0, 0.05) is 44.2 Å². The molecule has 1 aliphatic heterocycles. The Morgan fingerprint density at radius 1 is 1.24 bits per heavy atom. The Balaban J connectivity index is 1.77. The fourth-order valence-electron chi connectivity index (χ4n) is 2.98. The maximum absolute atomic E-state index is 11.2. The number of nitrogens with zero attached hydrogens (tertiary/aromatic N) is 2. The van der Waals surface area contributed by atoms with Gasteiger partial charge in [-0.2, -0.15) is 0 Å². The Kier molecular flexibility index (Phi) is 4.21. The number of aldehydes is 1.